The van der Waals surface area contributed by atoms with Gasteiger partial charge in [-0.2, -0.15) is 0 Å². The minimum atomic E-state index is -0.979. The lowest BCUT2D eigenvalue weighted by molar-refractivity contribution is -0.136. The Bertz CT molecular complexity index is 972. The Balaban J connectivity index is 1.21. The molecule has 2 heterocycles. The van der Waals surface area contributed by atoms with Crippen LogP contribution in [0.4, 0.5) is 5.69 Å². The van der Waals surface area contributed by atoms with Gasteiger partial charge in [0, 0.05) is 25.3 Å². The third kappa shape index (κ3) is 9.66. The maximum absolute atomic E-state index is 12.9. The lowest BCUT2D eigenvalue weighted by Gasteiger charge is -2.27. The Morgan fingerprint density at radius 1 is 0.795 bits per heavy atom. The van der Waals surface area contributed by atoms with Crippen molar-refractivity contribution in [2.75, 3.05) is 77.9 Å². The Labute approximate surface area is 228 Å². The molecule has 0 bridgehead atoms. The van der Waals surface area contributed by atoms with Crippen LogP contribution in [0, 0.1) is 0 Å². The summed E-state index contributed by atoms with van der Waals surface area (Å²) in [5.74, 6) is -2.09. The van der Waals surface area contributed by atoms with E-state index in [4.69, 9.17) is 23.7 Å². The molecular weight excluding hydrogens is 510 g/mol. The van der Waals surface area contributed by atoms with Crippen LogP contribution in [-0.4, -0.2) is 107 Å². The predicted octanol–water partition coefficient (Wildman–Crippen LogP) is 1.38. The summed E-state index contributed by atoms with van der Waals surface area (Å²) in [5, 5.41) is 5.35. The minimum absolute atomic E-state index is 0.0840. The molecular formula is C27H39N3O9. The van der Waals surface area contributed by atoms with Crippen molar-refractivity contribution in [2.45, 2.75) is 38.6 Å². The van der Waals surface area contributed by atoms with Crippen LogP contribution in [0.3, 0.4) is 0 Å². The van der Waals surface area contributed by atoms with Crippen LogP contribution in [0.2, 0.25) is 0 Å². The molecule has 1 atom stereocenters. The molecule has 1 unspecified atom stereocenters. The molecule has 4 amide bonds. The first-order chi connectivity index (χ1) is 19.0. The minimum Gasteiger partial charge on any atom is -0.383 e. The number of ether oxygens (including phenoxy) is 5. The van der Waals surface area contributed by atoms with Crippen LogP contribution in [0.5, 0.6) is 0 Å². The van der Waals surface area contributed by atoms with E-state index in [1.54, 1.807) is 18.2 Å². The zero-order valence-electron chi connectivity index (χ0n) is 22.5. The maximum atomic E-state index is 12.9. The first kappa shape index (κ1) is 30.6. The molecule has 1 aromatic rings. The van der Waals surface area contributed by atoms with Crippen molar-refractivity contribution in [3.63, 3.8) is 0 Å². The van der Waals surface area contributed by atoms with Crippen molar-refractivity contribution in [3.8, 4) is 0 Å². The van der Waals surface area contributed by atoms with E-state index in [1.807, 2.05) is 0 Å². The average molecular weight is 550 g/mol. The van der Waals surface area contributed by atoms with Gasteiger partial charge in [-0.25, -0.2) is 0 Å². The van der Waals surface area contributed by atoms with E-state index in [2.05, 4.69) is 17.6 Å². The Morgan fingerprint density at radius 2 is 1.36 bits per heavy atom. The largest absolute Gasteiger partial charge is 0.383 e. The number of nitrogens with zero attached hydrogens (tertiary/aromatic N) is 1. The number of imide groups is 2. The van der Waals surface area contributed by atoms with Gasteiger partial charge in [-0.1, -0.05) is 13.3 Å². The second kappa shape index (κ2) is 16.9. The molecule has 2 N–H and O–H groups in total. The predicted molar refractivity (Wildman–Crippen MR) is 141 cm³/mol. The smallest absolute Gasteiger partial charge is 0.262 e. The van der Waals surface area contributed by atoms with Gasteiger partial charge in [-0.3, -0.25) is 29.4 Å². The average Bonchev–Trinajstić information content (AvgIpc) is 3.17. The van der Waals surface area contributed by atoms with E-state index in [-0.39, 0.29) is 24.0 Å². The van der Waals surface area contributed by atoms with Gasteiger partial charge in [0.2, 0.25) is 11.8 Å². The van der Waals surface area contributed by atoms with Crippen molar-refractivity contribution in [3.05, 3.63) is 29.3 Å². The van der Waals surface area contributed by atoms with Crippen molar-refractivity contribution in [2.24, 2.45) is 0 Å². The summed E-state index contributed by atoms with van der Waals surface area (Å²) < 4.78 is 27.3. The number of carbonyl (C=O) groups excluding carboxylic acids is 4. The summed E-state index contributed by atoms with van der Waals surface area (Å²) in [7, 11) is 0. The molecule has 0 radical (unpaired) electrons. The number of piperidine rings is 1. The third-order valence-electron chi connectivity index (χ3n) is 6.15. The standard InChI is InChI=1S/C27H39N3O9/c1-2-3-9-35-11-13-37-15-17-39-18-16-38-14-12-36-10-8-28-20-4-5-21-22(19-20)27(34)30(26(21)33)23-6-7-24(31)29-25(23)32/h4-5,19,23,28H,2-3,6-18H2,1H3,(H,29,31,32). The van der Waals surface area contributed by atoms with Gasteiger partial charge >= 0.3 is 0 Å². The third-order valence-corrected chi connectivity index (χ3v) is 6.15. The summed E-state index contributed by atoms with van der Waals surface area (Å²) in [6, 6.07) is 3.88. The maximum Gasteiger partial charge on any atom is 0.262 e. The van der Waals surface area contributed by atoms with Gasteiger partial charge < -0.3 is 29.0 Å². The SMILES string of the molecule is CCCCOCCOCCOCCOCCOCCNc1ccc2c(c1)C(=O)N(C1CCC(=O)NC1=O)C2=O. The summed E-state index contributed by atoms with van der Waals surface area (Å²) in [6.45, 7) is 7.88. The second-order valence-corrected chi connectivity index (χ2v) is 9.05. The Hall–Kier alpha value is -2.90. The molecule has 3 rings (SSSR count). The Morgan fingerprint density at radius 3 is 1.95 bits per heavy atom. The highest BCUT2D eigenvalue weighted by atomic mass is 16.6. The van der Waals surface area contributed by atoms with E-state index < -0.39 is 29.7 Å². The fraction of sp³-hybridized carbons (Fsp3) is 0.630. The highest BCUT2D eigenvalue weighted by molar-refractivity contribution is 6.23. The number of nitrogens with one attached hydrogen (secondary N) is 2. The normalized spacial score (nSPS) is 17.1. The topological polar surface area (TPSA) is 142 Å². The highest BCUT2D eigenvalue weighted by Gasteiger charge is 2.44. The molecule has 0 spiro atoms. The van der Waals surface area contributed by atoms with E-state index >= 15 is 0 Å². The van der Waals surface area contributed by atoms with Crippen molar-refractivity contribution >= 4 is 29.3 Å². The molecule has 2 aliphatic rings. The molecule has 216 valence electrons. The zero-order chi connectivity index (χ0) is 27.9. The number of amides is 4. The number of unbranched alkanes of at least 4 members (excludes halogenated alkanes) is 1. The van der Waals surface area contributed by atoms with Crippen molar-refractivity contribution in [1.29, 1.82) is 0 Å². The van der Waals surface area contributed by atoms with Gasteiger partial charge in [0.15, 0.2) is 0 Å². The van der Waals surface area contributed by atoms with Gasteiger partial charge in [0.25, 0.3) is 11.8 Å². The van der Waals surface area contributed by atoms with Gasteiger partial charge in [-0.15, -0.1) is 0 Å². The zero-order valence-corrected chi connectivity index (χ0v) is 22.5. The number of carbonyl (C=O) groups is 4. The number of benzene rings is 1. The highest BCUT2D eigenvalue weighted by Crippen LogP contribution is 2.29. The number of fused-ring (bicyclic) bond motifs is 1. The fourth-order valence-corrected chi connectivity index (χ4v) is 4.08. The van der Waals surface area contributed by atoms with E-state index in [0.717, 1.165) is 24.3 Å². The van der Waals surface area contributed by atoms with Crippen LogP contribution in [0.15, 0.2) is 18.2 Å². The van der Waals surface area contributed by atoms with Crippen molar-refractivity contribution < 1.29 is 42.9 Å². The van der Waals surface area contributed by atoms with E-state index in [1.165, 1.54) is 0 Å². The molecule has 12 nitrogen and oxygen atoms in total. The molecule has 0 aromatic heterocycles. The van der Waals surface area contributed by atoms with Gasteiger partial charge in [0.1, 0.15) is 6.04 Å². The lowest BCUT2D eigenvalue weighted by Crippen LogP contribution is -2.54. The van der Waals surface area contributed by atoms with Crippen LogP contribution in [-0.2, 0) is 33.3 Å². The summed E-state index contributed by atoms with van der Waals surface area (Å²) in [4.78, 5) is 50.1. The van der Waals surface area contributed by atoms with Crippen LogP contribution in [0.25, 0.3) is 0 Å². The van der Waals surface area contributed by atoms with Gasteiger partial charge in [-0.05, 0) is 31.0 Å². The first-order valence-electron chi connectivity index (χ1n) is 13.5. The monoisotopic (exact) mass is 549 g/mol. The van der Waals surface area contributed by atoms with Crippen molar-refractivity contribution in [1.82, 2.24) is 10.2 Å². The van der Waals surface area contributed by atoms with E-state index in [9.17, 15) is 19.2 Å². The number of hydrogen-bond acceptors (Lipinski definition) is 10. The first-order valence-corrected chi connectivity index (χ1v) is 13.5. The second-order valence-electron chi connectivity index (χ2n) is 9.05. The van der Waals surface area contributed by atoms with Crippen LogP contribution >= 0.6 is 0 Å². The molecule has 2 aliphatic heterocycles. The van der Waals surface area contributed by atoms with Gasteiger partial charge in [0.05, 0.1) is 70.6 Å². The molecule has 1 saturated heterocycles. The molecule has 1 fully saturated rings. The number of hydrogen-bond donors (Lipinski definition) is 2. The number of rotatable bonds is 20. The summed E-state index contributed by atoms with van der Waals surface area (Å²) in [5.41, 5.74) is 1.13. The summed E-state index contributed by atoms with van der Waals surface area (Å²) >= 11 is 0. The van der Waals surface area contributed by atoms with Crippen LogP contribution < -0.4 is 10.6 Å². The Kier molecular flexibility index (Phi) is 13.3. The molecule has 12 heteroatoms. The lowest BCUT2D eigenvalue weighted by atomic mass is 10.0. The molecule has 39 heavy (non-hydrogen) atoms. The summed E-state index contributed by atoms with van der Waals surface area (Å²) in [6.07, 6.45) is 2.41. The van der Waals surface area contributed by atoms with Crippen LogP contribution in [0.1, 0.15) is 53.3 Å². The molecule has 0 aliphatic carbocycles. The van der Waals surface area contributed by atoms with E-state index in [0.29, 0.717) is 71.7 Å². The molecule has 1 aromatic carbocycles. The molecule has 0 saturated carbocycles. The fourth-order valence-electron chi connectivity index (χ4n) is 4.08. The quantitative estimate of drug-likeness (QED) is 0.181. The number of anilines is 1.